The lowest BCUT2D eigenvalue weighted by molar-refractivity contribution is 0.0948. The van der Waals surface area contributed by atoms with E-state index in [0.29, 0.717) is 18.8 Å². The van der Waals surface area contributed by atoms with Crippen molar-refractivity contribution in [2.24, 2.45) is 7.05 Å². The molecule has 1 aromatic rings. The first-order valence-electron chi connectivity index (χ1n) is 5.21. The molecule has 6 nitrogen and oxygen atoms in total. The van der Waals surface area contributed by atoms with E-state index in [0.717, 1.165) is 13.1 Å². The highest BCUT2D eigenvalue weighted by Gasteiger charge is 2.06. The maximum atomic E-state index is 11.5. The third kappa shape index (κ3) is 4.41. The molecule has 1 heterocycles. The van der Waals surface area contributed by atoms with Crippen molar-refractivity contribution >= 4 is 5.91 Å². The number of nitrogens with zero attached hydrogens (tertiary/aromatic N) is 2. The number of hydrogen-bond donors (Lipinski definition) is 2. The van der Waals surface area contributed by atoms with Gasteiger partial charge in [-0.1, -0.05) is 0 Å². The van der Waals surface area contributed by atoms with E-state index in [1.165, 1.54) is 0 Å². The molecule has 16 heavy (non-hydrogen) atoms. The van der Waals surface area contributed by atoms with Crippen molar-refractivity contribution in [3.8, 4) is 0 Å². The molecule has 0 aliphatic carbocycles. The molecule has 0 saturated carbocycles. The molecule has 0 unspecified atom stereocenters. The third-order valence-electron chi connectivity index (χ3n) is 2.02. The summed E-state index contributed by atoms with van der Waals surface area (Å²) < 4.78 is 6.48. The average Bonchev–Trinajstić information content (AvgIpc) is 2.70. The molecule has 0 spiro atoms. The highest BCUT2D eigenvalue weighted by Crippen LogP contribution is 1.92. The van der Waals surface area contributed by atoms with Crippen molar-refractivity contribution in [2.45, 2.75) is 0 Å². The van der Waals surface area contributed by atoms with Crippen LogP contribution in [0.5, 0.6) is 0 Å². The average molecular weight is 226 g/mol. The summed E-state index contributed by atoms with van der Waals surface area (Å²) in [5.41, 5.74) is 0.444. The highest BCUT2D eigenvalue weighted by molar-refractivity contribution is 5.92. The number of nitrogens with one attached hydrogen (secondary N) is 2. The van der Waals surface area contributed by atoms with E-state index in [2.05, 4.69) is 15.7 Å². The lowest BCUT2D eigenvalue weighted by atomic mass is 10.4. The summed E-state index contributed by atoms with van der Waals surface area (Å²) >= 11 is 0. The molecule has 0 fully saturated rings. The summed E-state index contributed by atoms with van der Waals surface area (Å²) in [4.78, 5) is 11.5. The molecule has 1 aromatic heterocycles. The maximum Gasteiger partial charge on any atom is 0.271 e. The van der Waals surface area contributed by atoms with Gasteiger partial charge in [0, 0.05) is 40.0 Å². The summed E-state index contributed by atoms with van der Waals surface area (Å²) in [6.07, 6.45) is 1.74. The fraction of sp³-hybridized carbons (Fsp3) is 0.600. The Balaban J connectivity index is 2.11. The van der Waals surface area contributed by atoms with Gasteiger partial charge in [-0.25, -0.2) is 0 Å². The van der Waals surface area contributed by atoms with E-state index in [4.69, 9.17) is 4.74 Å². The van der Waals surface area contributed by atoms with Gasteiger partial charge in [0.15, 0.2) is 0 Å². The molecule has 2 N–H and O–H groups in total. The van der Waals surface area contributed by atoms with E-state index in [1.807, 2.05) is 0 Å². The van der Waals surface area contributed by atoms with Gasteiger partial charge < -0.3 is 15.4 Å². The van der Waals surface area contributed by atoms with Gasteiger partial charge in [0.25, 0.3) is 5.91 Å². The number of aromatic nitrogens is 2. The van der Waals surface area contributed by atoms with Crippen LogP contribution >= 0.6 is 0 Å². The van der Waals surface area contributed by atoms with Gasteiger partial charge in [0.2, 0.25) is 0 Å². The van der Waals surface area contributed by atoms with Crippen molar-refractivity contribution in [2.75, 3.05) is 33.4 Å². The molecule has 90 valence electrons. The predicted octanol–water partition coefficient (Wildman–Crippen LogP) is -0.614. The molecule has 0 aliphatic rings. The zero-order valence-corrected chi connectivity index (χ0v) is 9.69. The van der Waals surface area contributed by atoms with Crippen LogP contribution in [-0.2, 0) is 11.8 Å². The second kappa shape index (κ2) is 6.97. The fourth-order valence-electron chi connectivity index (χ4n) is 1.19. The first-order chi connectivity index (χ1) is 7.74. The topological polar surface area (TPSA) is 68.2 Å². The van der Waals surface area contributed by atoms with E-state index in [-0.39, 0.29) is 5.91 Å². The van der Waals surface area contributed by atoms with Crippen molar-refractivity contribution in [3.63, 3.8) is 0 Å². The number of hydrogen-bond acceptors (Lipinski definition) is 4. The number of ether oxygens (including phenoxy) is 1. The Morgan fingerprint density at radius 3 is 2.94 bits per heavy atom. The van der Waals surface area contributed by atoms with E-state index in [1.54, 1.807) is 31.1 Å². The minimum absolute atomic E-state index is 0.144. The lowest BCUT2D eigenvalue weighted by Gasteiger charge is -2.04. The maximum absolute atomic E-state index is 11.5. The van der Waals surface area contributed by atoms with Gasteiger partial charge in [-0.3, -0.25) is 9.48 Å². The summed E-state index contributed by atoms with van der Waals surface area (Å²) in [6, 6.07) is 1.69. The normalized spacial score (nSPS) is 10.4. The lowest BCUT2D eigenvalue weighted by Crippen LogP contribution is -2.33. The number of carbonyl (C=O) groups is 1. The molecular formula is C10H18N4O2. The molecule has 0 radical (unpaired) electrons. The number of aryl methyl sites for hydroxylation is 1. The molecule has 0 saturated heterocycles. The highest BCUT2D eigenvalue weighted by atomic mass is 16.5. The van der Waals surface area contributed by atoms with Crippen LogP contribution in [0.3, 0.4) is 0 Å². The van der Waals surface area contributed by atoms with Crippen LogP contribution in [0.25, 0.3) is 0 Å². The van der Waals surface area contributed by atoms with Gasteiger partial charge in [-0.15, -0.1) is 0 Å². The molecule has 1 amide bonds. The van der Waals surface area contributed by atoms with Gasteiger partial charge in [-0.05, 0) is 6.07 Å². The van der Waals surface area contributed by atoms with Crippen LogP contribution in [0.2, 0.25) is 0 Å². The molecular weight excluding hydrogens is 208 g/mol. The van der Waals surface area contributed by atoms with Gasteiger partial charge >= 0.3 is 0 Å². The minimum Gasteiger partial charge on any atom is -0.383 e. The first kappa shape index (κ1) is 12.7. The van der Waals surface area contributed by atoms with E-state index >= 15 is 0 Å². The van der Waals surface area contributed by atoms with Crippen molar-refractivity contribution in [1.82, 2.24) is 20.4 Å². The first-order valence-corrected chi connectivity index (χ1v) is 5.21. The zero-order chi connectivity index (χ0) is 11.8. The summed E-state index contributed by atoms with van der Waals surface area (Å²) in [7, 11) is 3.44. The Hall–Kier alpha value is -1.40. The number of amides is 1. The Bertz CT molecular complexity index is 324. The van der Waals surface area contributed by atoms with Crippen LogP contribution in [0, 0.1) is 0 Å². The Morgan fingerprint density at radius 2 is 2.31 bits per heavy atom. The Morgan fingerprint density at radius 1 is 1.50 bits per heavy atom. The third-order valence-corrected chi connectivity index (χ3v) is 2.02. The largest absolute Gasteiger partial charge is 0.383 e. The predicted molar refractivity (Wildman–Crippen MR) is 60.3 cm³/mol. The molecule has 1 rings (SSSR count). The number of carbonyl (C=O) groups excluding carboxylic acids is 1. The van der Waals surface area contributed by atoms with Crippen LogP contribution in [0.1, 0.15) is 10.5 Å². The zero-order valence-electron chi connectivity index (χ0n) is 9.69. The molecule has 0 aromatic carbocycles. The molecule has 0 aliphatic heterocycles. The molecule has 0 atom stereocenters. The fourth-order valence-corrected chi connectivity index (χ4v) is 1.19. The van der Waals surface area contributed by atoms with Crippen LogP contribution in [0.15, 0.2) is 12.3 Å². The van der Waals surface area contributed by atoms with E-state index < -0.39 is 0 Å². The van der Waals surface area contributed by atoms with Crippen LogP contribution < -0.4 is 10.6 Å². The van der Waals surface area contributed by atoms with Crippen molar-refractivity contribution in [3.05, 3.63) is 18.0 Å². The van der Waals surface area contributed by atoms with Gasteiger partial charge in [-0.2, -0.15) is 5.10 Å². The summed E-state index contributed by atoms with van der Waals surface area (Å²) in [5, 5.41) is 9.91. The van der Waals surface area contributed by atoms with Crippen molar-refractivity contribution in [1.29, 1.82) is 0 Å². The minimum atomic E-state index is -0.144. The summed E-state index contributed by atoms with van der Waals surface area (Å²) in [6.45, 7) is 2.77. The quantitative estimate of drug-likeness (QED) is 0.608. The van der Waals surface area contributed by atoms with Crippen LogP contribution in [-0.4, -0.2) is 49.0 Å². The van der Waals surface area contributed by atoms with Crippen molar-refractivity contribution < 1.29 is 9.53 Å². The molecule has 6 heteroatoms. The standard InChI is InChI=1S/C10H18N4O2/c1-14-7-3-9(13-14)10(15)12-5-4-11-6-8-16-2/h3,7,11H,4-6,8H2,1-2H3,(H,12,15). The second-order valence-corrected chi connectivity index (χ2v) is 3.37. The number of rotatable bonds is 7. The van der Waals surface area contributed by atoms with Gasteiger partial charge in [0.1, 0.15) is 5.69 Å². The monoisotopic (exact) mass is 226 g/mol. The molecule has 0 bridgehead atoms. The SMILES string of the molecule is COCCNCCNC(=O)c1ccn(C)n1. The number of methoxy groups -OCH3 is 1. The smallest absolute Gasteiger partial charge is 0.271 e. The Kier molecular flexibility index (Phi) is 5.52. The van der Waals surface area contributed by atoms with E-state index in [9.17, 15) is 4.79 Å². The second-order valence-electron chi connectivity index (χ2n) is 3.37. The summed E-state index contributed by atoms with van der Waals surface area (Å²) in [5.74, 6) is -0.144. The van der Waals surface area contributed by atoms with Crippen LogP contribution in [0.4, 0.5) is 0 Å². The Labute approximate surface area is 95.0 Å². The van der Waals surface area contributed by atoms with Gasteiger partial charge in [0.05, 0.1) is 6.61 Å².